The third-order valence-corrected chi connectivity index (χ3v) is 2.75. The molecule has 0 bridgehead atoms. The van der Waals surface area contributed by atoms with Crippen molar-refractivity contribution in [2.45, 2.75) is 13.0 Å². The van der Waals surface area contributed by atoms with Crippen LogP contribution >= 0.6 is 0 Å². The highest BCUT2D eigenvalue weighted by Gasteiger charge is 2.05. The Hall–Kier alpha value is -1.96. The first-order valence-electron chi connectivity index (χ1n) is 5.96. The molecular weight excluding hydrogens is 224 g/mol. The van der Waals surface area contributed by atoms with E-state index >= 15 is 0 Å². The Kier molecular flexibility index (Phi) is 4.24. The Bertz CT molecular complexity index is 492. The van der Waals surface area contributed by atoms with Gasteiger partial charge in [-0.25, -0.2) is 0 Å². The Morgan fingerprint density at radius 1 is 0.944 bits per heavy atom. The van der Waals surface area contributed by atoms with E-state index < -0.39 is 0 Å². The van der Waals surface area contributed by atoms with Crippen LogP contribution in [0.25, 0.3) is 0 Å². The summed E-state index contributed by atoms with van der Waals surface area (Å²) >= 11 is 0. The molecule has 0 aliphatic rings. The van der Waals surface area contributed by atoms with Crippen molar-refractivity contribution < 1.29 is 9.47 Å². The third kappa shape index (κ3) is 3.04. The van der Waals surface area contributed by atoms with Crippen molar-refractivity contribution in [2.75, 3.05) is 7.11 Å². The molecule has 2 heteroatoms. The van der Waals surface area contributed by atoms with Crippen LogP contribution in [-0.4, -0.2) is 7.11 Å². The zero-order chi connectivity index (χ0) is 12.8. The van der Waals surface area contributed by atoms with Crippen molar-refractivity contribution in [3.8, 4) is 11.5 Å². The van der Waals surface area contributed by atoms with Crippen molar-refractivity contribution in [1.82, 2.24) is 0 Å². The number of methoxy groups -OCH3 is 1. The van der Waals surface area contributed by atoms with Crippen molar-refractivity contribution in [3.63, 3.8) is 0 Å². The molecular formula is C16H17O2. The van der Waals surface area contributed by atoms with E-state index in [1.807, 2.05) is 48.5 Å². The minimum Gasteiger partial charge on any atom is -0.493 e. The predicted molar refractivity (Wildman–Crippen MR) is 72.8 cm³/mol. The van der Waals surface area contributed by atoms with E-state index in [1.165, 1.54) is 0 Å². The molecule has 2 aromatic carbocycles. The van der Waals surface area contributed by atoms with Gasteiger partial charge < -0.3 is 9.47 Å². The molecule has 0 fully saturated rings. The van der Waals surface area contributed by atoms with Crippen LogP contribution in [0, 0.1) is 6.92 Å². The average molecular weight is 241 g/mol. The topological polar surface area (TPSA) is 18.5 Å². The maximum absolute atomic E-state index is 5.77. The SMILES string of the molecule is [CH2]Cc1ccc(OCc2ccccc2)c(OC)c1. The second kappa shape index (κ2) is 6.10. The Labute approximate surface area is 108 Å². The van der Waals surface area contributed by atoms with Gasteiger partial charge in [0.2, 0.25) is 0 Å². The molecule has 0 spiro atoms. The van der Waals surface area contributed by atoms with E-state index in [1.54, 1.807) is 7.11 Å². The Morgan fingerprint density at radius 3 is 2.39 bits per heavy atom. The summed E-state index contributed by atoms with van der Waals surface area (Å²) in [4.78, 5) is 0. The van der Waals surface area contributed by atoms with Crippen molar-refractivity contribution in [3.05, 3.63) is 66.6 Å². The van der Waals surface area contributed by atoms with Crippen LogP contribution in [0.15, 0.2) is 48.5 Å². The summed E-state index contributed by atoms with van der Waals surface area (Å²) in [6, 6.07) is 16.0. The first kappa shape index (κ1) is 12.5. The highest BCUT2D eigenvalue weighted by Crippen LogP contribution is 2.28. The van der Waals surface area contributed by atoms with Gasteiger partial charge in [0.05, 0.1) is 7.11 Å². The molecule has 0 N–H and O–H groups in total. The largest absolute Gasteiger partial charge is 0.493 e. The van der Waals surface area contributed by atoms with Crippen LogP contribution in [-0.2, 0) is 13.0 Å². The molecule has 0 saturated carbocycles. The second-order valence-electron chi connectivity index (χ2n) is 4.01. The molecule has 0 aliphatic carbocycles. The molecule has 18 heavy (non-hydrogen) atoms. The van der Waals surface area contributed by atoms with Gasteiger partial charge >= 0.3 is 0 Å². The van der Waals surface area contributed by atoms with Gasteiger partial charge in [0, 0.05) is 0 Å². The first-order chi connectivity index (χ1) is 8.83. The monoisotopic (exact) mass is 241 g/mol. The van der Waals surface area contributed by atoms with Gasteiger partial charge in [0.15, 0.2) is 11.5 Å². The highest BCUT2D eigenvalue weighted by atomic mass is 16.5. The van der Waals surface area contributed by atoms with Crippen molar-refractivity contribution in [2.24, 2.45) is 0 Å². The fourth-order valence-corrected chi connectivity index (χ4v) is 1.72. The minimum absolute atomic E-state index is 0.543. The molecule has 0 atom stereocenters. The molecule has 0 aliphatic heterocycles. The Morgan fingerprint density at radius 2 is 1.72 bits per heavy atom. The van der Waals surface area contributed by atoms with E-state index in [4.69, 9.17) is 9.47 Å². The molecule has 0 saturated heterocycles. The second-order valence-corrected chi connectivity index (χ2v) is 4.01. The van der Waals surface area contributed by atoms with E-state index in [-0.39, 0.29) is 0 Å². The van der Waals surface area contributed by atoms with Gasteiger partial charge in [-0.2, -0.15) is 0 Å². The van der Waals surface area contributed by atoms with E-state index in [2.05, 4.69) is 6.92 Å². The van der Waals surface area contributed by atoms with E-state index in [0.29, 0.717) is 6.61 Å². The van der Waals surface area contributed by atoms with Crippen LogP contribution in [0.2, 0.25) is 0 Å². The lowest BCUT2D eigenvalue weighted by Gasteiger charge is -2.11. The fourth-order valence-electron chi connectivity index (χ4n) is 1.72. The van der Waals surface area contributed by atoms with Gasteiger partial charge in [0.1, 0.15) is 6.61 Å². The molecule has 0 unspecified atom stereocenters. The quantitative estimate of drug-likeness (QED) is 0.795. The molecule has 0 amide bonds. The molecule has 1 radical (unpaired) electrons. The number of rotatable bonds is 5. The smallest absolute Gasteiger partial charge is 0.161 e. The van der Waals surface area contributed by atoms with Crippen LogP contribution in [0.4, 0.5) is 0 Å². The van der Waals surface area contributed by atoms with E-state index in [9.17, 15) is 0 Å². The summed E-state index contributed by atoms with van der Waals surface area (Å²) in [5, 5.41) is 0. The van der Waals surface area contributed by atoms with E-state index in [0.717, 1.165) is 29.0 Å². The number of benzene rings is 2. The van der Waals surface area contributed by atoms with Crippen LogP contribution in [0.5, 0.6) is 11.5 Å². The van der Waals surface area contributed by atoms with Crippen molar-refractivity contribution >= 4 is 0 Å². The molecule has 2 nitrogen and oxygen atoms in total. The number of hydrogen-bond donors (Lipinski definition) is 0. The lowest BCUT2D eigenvalue weighted by Crippen LogP contribution is -1.98. The summed E-state index contributed by atoms with van der Waals surface area (Å²) in [6.07, 6.45) is 0.745. The fraction of sp³-hybridized carbons (Fsp3) is 0.188. The van der Waals surface area contributed by atoms with Gasteiger partial charge in [-0.3, -0.25) is 0 Å². The van der Waals surface area contributed by atoms with Crippen LogP contribution < -0.4 is 9.47 Å². The maximum atomic E-state index is 5.77. The summed E-state index contributed by atoms with van der Waals surface area (Å²) in [5.74, 6) is 1.52. The minimum atomic E-state index is 0.543. The molecule has 0 heterocycles. The van der Waals surface area contributed by atoms with Gasteiger partial charge in [-0.05, 0) is 36.6 Å². The normalized spacial score (nSPS) is 10.1. The summed E-state index contributed by atoms with van der Waals surface area (Å²) in [7, 11) is 1.65. The lowest BCUT2D eigenvalue weighted by atomic mass is 10.1. The molecule has 93 valence electrons. The zero-order valence-corrected chi connectivity index (χ0v) is 10.6. The third-order valence-electron chi connectivity index (χ3n) is 2.75. The predicted octanol–water partition coefficient (Wildman–Crippen LogP) is 3.65. The van der Waals surface area contributed by atoms with Gasteiger partial charge in [0.25, 0.3) is 0 Å². The molecule has 0 aromatic heterocycles. The van der Waals surface area contributed by atoms with Gasteiger partial charge in [-0.15, -0.1) is 0 Å². The number of hydrogen-bond acceptors (Lipinski definition) is 2. The molecule has 2 aromatic rings. The van der Waals surface area contributed by atoms with Crippen LogP contribution in [0.3, 0.4) is 0 Å². The average Bonchev–Trinajstić information content (AvgIpc) is 2.46. The van der Waals surface area contributed by atoms with Crippen LogP contribution in [0.1, 0.15) is 11.1 Å². The lowest BCUT2D eigenvalue weighted by molar-refractivity contribution is 0.284. The zero-order valence-electron chi connectivity index (χ0n) is 10.6. The Balaban J connectivity index is 2.09. The maximum Gasteiger partial charge on any atom is 0.161 e. The highest BCUT2D eigenvalue weighted by molar-refractivity contribution is 5.43. The standard InChI is InChI=1S/C16H17O2/c1-3-13-9-10-15(16(11-13)17-2)18-12-14-7-5-4-6-8-14/h4-11H,1,3,12H2,2H3. The van der Waals surface area contributed by atoms with Crippen molar-refractivity contribution in [1.29, 1.82) is 0 Å². The first-order valence-corrected chi connectivity index (χ1v) is 5.96. The summed E-state index contributed by atoms with van der Waals surface area (Å²) in [5.41, 5.74) is 2.28. The summed E-state index contributed by atoms with van der Waals surface area (Å²) in [6.45, 7) is 4.40. The van der Waals surface area contributed by atoms with Gasteiger partial charge in [-0.1, -0.05) is 36.4 Å². The number of ether oxygens (including phenoxy) is 2. The summed E-state index contributed by atoms with van der Waals surface area (Å²) < 4.78 is 11.1. The molecule has 2 rings (SSSR count).